The second-order valence-electron chi connectivity index (χ2n) is 8.67. The molecular formula is C25H32N6O3. The molecule has 0 radical (unpaired) electrons. The number of hydrogen-bond donors (Lipinski definition) is 2. The molecule has 0 spiro atoms. The van der Waals surface area contributed by atoms with Crippen LogP contribution in [0.3, 0.4) is 0 Å². The number of benzene rings is 1. The summed E-state index contributed by atoms with van der Waals surface area (Å²) in [6.07, 6.45) is 6.99. The van der Waals surface area contributed by atoms with Crippen LogP contribution in [0.1, 0.15) is 43.7 Å². The van der Waals surface area contributed by atoms with E-state index < -0.39 is 12.1 Å². The van der Waals surface area contributed by atoms with Gasteiger partial charge in [0.05, 0.1) is 26.4 Å². The van der Waals surface area contributed by atoms with Gasteiger partial charge in [-0.15, -0.1) is 0 Å². The van der Waals surface area contributed by atoms with Gasteiger partial charge in [-0.05, 0) is 30.9 Å². The molecule has 2 aromatic rings. The summed E-state index contributed by atoms with van der Waals surface area (Å²) >= 11 is 0. The molecule has 9 heteroatoms. The van der Waals surface area contributed by atoms with Gasteiger partial charge in [0.25, 0.3) is 0 Å². The van der Waals surface area contributed by atoms with E-state index in [9.17, 15) is 10.1 Å². The largest absolute Gasteiger partial charge is 0.496 e. The van der Waals surface area contributed by atoms with Gasteiger partial charge in [-0.25, -0.2) is 4.98 Å². The van der Waals surface area contributed by atoms with Crippen LogP contribution < -0.4 is 20.3 Å². The SMILES string of the molecule is COc1ccccc1C(C#N)NC(=O)[C@@H](Nc1ccnc(N2CCOCC2)n1)C1CCCCC1. The first-order valence-electron chi connectivity index (χ1n) is 11.9. The highest BCUT2D eigenvalue weighted by Gasteiger charge is 2.32. The van der Waals surface area contributed by atoms with Gasteiger partial charge in [-0.1, -0.05) is 37.5 Å². The van der Waals surface area contributed by atoms with Crippen LogP contribution in [0.5, 0.6) is 5.75 Å². The summed E-state index contributed by atoms with van der Waals surface area (Å²) in [7, 11) is 1.56. The van der Waals surface area contributed by atoms with Crippen LogP contribution in [0.25, 0.3) is 0 Å². The number of rotatable bonds is 8. The Morgan fingerprint density at radius 3 is 2.71 bits per heavy atom. The molecule has 2 atom stereocenters. The van der Waals surface area contributed by atoms with Crippen molar-refractivity contribution < 1.29 is 14.3 Å². The minimum Gasteiger partial charge on any atom is -0.496 e. The third kappa shape index (κ3) is 5.75. The Morgan fingerprint density at radius 1 is 1.21 bits per heavy atom. The molecule has 1 unspecified atom stereocenters. The normalized spacial score (nSPS) is 18.4. The number of nitrogens with zero attached hydrogens (tertiary/aromatic N) is 4. The number of amides is 1. The number of carbonyl (C=O) groups excluding carboxylic acids is 1. The van der Waals surface area contributed by atoms with Gasteiger partial charge in [0.1, 0.15) is 23.7 Å². The predicted molar refractivity (Wildman–Crippen MR) is 129 cm³/mol. The summed E-state index contributed by atoms with van der Waals surface area (Å²) in [5.74, 6) is 1.75. The molecule has 34 heavy (non-hydrogen) atoms. The van der Waals surface area contributed by atoms with Crippen molar-refractivity contribution in [2.24, 2.45) is 5.92 Å². The average Bonchev–Trinajstić information content (AvgIpc) is 2.91. The first-order valence-corrected chi connectivity index (χ1v) is 11.9. The second-order valence-corrected chi connectivity index (χ2v) is 8.67. The highest BCUT2D eigenvalue weighted by Crippen LogP contribution is 2.30. The highest BCUT2D eigenvalue weighted by atomic mass is 16.5. The van der Waals surface area contributed by atoms with Gasteiger partial charge < -0.3 is 25.0 Å². The fraction of sp³-hybridized carbons (Fsp3) is 0.520. The third-order valence-corrected chi connectivity index (χ3v) is 6.51. The Hall–Kier alpha value is -3.38. The van der Waals surface area contributed by atoms with Crippen molar-refractivity contribution in [2.45, 2.75) is 44.2 Å². The lowest BCUT2D eigenvalue weighted by Crippen LogP contribution is -2.46. The van der Waals surface area contributed by atoms with Crippen molar-refractivity contribution in [3.8, 4) is 11.8 Å². The number of nitriles is 1. The number of para-hydroxylation sites is 1. The first kappa shape index (κ1) is 23.8. The standard InChI is InChI=1S/C25H32N6O3/c1-33-21-10-6-5-9-19(21)20(17-26)28-24(32)23(18-7-3-2-4-8-18)29-22-11-12-27-25(30-22)31-13-15-34-16-14-31/h5-6,9-12,18,20,23H,2-4,7-8,13-16H2,1H3,(H,28,32)(H,27,29,30)/t20?,23-/m0/s1. The molecule has 1 aliphatic heterocycles. The van der Waals surface area contributed by atoms with E-state index in [1.165, 1.54) is 6.42 Å². The Bertz CT molecular complexity index is 998. The van der Waals surface area contributed by atoms with Crippen molar-refractivity contribution >= 4 is 17.7 Å². The number of nitrogens with one attached hydrogen (secondary N) is 2. The van der Waals surface area contributed by atoms with Crippen LogP contribution in [0, 0.1) is 17.2 Å². The average molecular weight is 465 g/mol. The monoisotopic (exact) mass is 464 g/mol. The van der Waals surface area contributed by atoms with Gasteiger partial charge >= 0.3 is 0 Å². The number of aromatic nitrogens is 2. The van der Waals surface area contributed by atoms with Gasteiger partial charge in [0.15, 0.2) is 0 Å². The van der Waals surface area contributed by atoms with Crippen LogP contribution in [0.15, 0.2) is 36.5 Å². The Balaban J connectivity index is 1.54. The number of carbonyl (C=O) groups is 1. The predicted octanol–water partition coefficient (Wildman–Crippen LogP) is 3.06. The number of hydrogen-bond acceptors (Lipinski definition) is 8. The van der Waals surface area contributed by atoms with Crippen molar-refractivity contribution in [1.29, 1.82) is 5.26 Å². The van der Waals surface area contributed by atoms with Crippen molar-refractivity contribution in [3.63, 3.8) is 0 Å². The maximum Gasteiger partial charge on any atom is 0.244 e. The van der Waals surface area contributed by atoms with Gasteiger partial charge in [-0.2, -0.15) is 10.2 Å². The number of ether oxygens (including phenoxy) is 2. The summed E-state index contributed by atoms with van der Waals surface area (Å²) < 4.78 is 10.8. The van der Waals surface area contributed by atoms with E-state index in [0.717, 1.165) is 38.8 Å². The zero-order valence-electron chi connectivity index (χ0n) is 19.6. The fourth-order valence-electron chi connectivity index (χ4n) is 4.69. The van der Waals surface area contributed by atoms with Crippen molar-refractivity contribution in [3.05, 3.63) is 42.1 Å². The molecule has 1 saturated heterocycles. The molecular weight excluding hydrogens is 432 g/mol. The zero-order valence-corrected chi connectivity index (χ0v) is 19.6. The Labute approximate surface area is 200 Å². The van der Waals surface area contributed by atoms with Crippen molar-refractivity contribution in [1.82, 2.24) is 15.3 Å². The lowest BCUT2D eigenvalue weighted by molar-refractivity contribution is -0.123. The molecule has 2 fully saturated rings. The molecule has 1 aromatic heterocycles. The molecule has 9 nitrogen and oxygen atoms in total. The summed E-state index contributed by atoms with van der Waals surface area (Å²) in [6.45, 7) is 2.76. The Kier molecular flexibility index (Phi) is 8.15. The molecule has 1 aromatic carbocycles. The molecule has 180 valence electrons. The number of morpholine rings is 1. The van der Waals surface area contributed by atoms with E-state index in [0.29, 0.717) is 36.3 Å². The number of methoxy groups -OCH3 is 1. The lowest BCUT2D eigenvalue weighted by atomic mass is 9.83. The van der Waals surface area contributed by atoms with Crippen LogP contribution in [0.2, 0.25) is 0 Å². The summed E-state index contributed by atoms with van der Waals surface area (Å²) in [5, 5.41) is 16.1. The first-order chi connectivity index (χ1) is 16.7. The van der Waals surface area contributed by atoms with Gasteiger partial charge in [-0.3, -0.25) is 4.79 Å². The van der Waals surface area contributed by atoms with Gasteiger partial charge in [0.2, 0.25) is 11.9 Å². The molecule has 0 bridgehead atoms. The molecule has 2 N–H and O–H groups in total. The molecule has 2 heterocycles. The fourth-order valence-corrected chi connectivity index (χ4v) is 4.69. The van der Waals surface area contributed by atoms with Crippen LogP contribution in [0.4, 0.5) is 11.8 Å². The second kappa shape index (κ2) is 11.7. The van der Waals surface area contributed by atoms with E-state index in [2.05, 4.69) is 31.6 Å². The summed E-state index contributed by atoms with van der Waals surface area (Å²) in [5.41, 5.74) is 0.639. The maximum atomic E-state index is 13.5. The summed E-state index contributed by atoms with van der Waals surface area (Å²) in [6, 6.07) is 9.95. The van der Waals surface area contributed by atoms with Crippen LogP contribution >= 0.6 is 0 Å². The highest BCUT2D eigenvalue weighted by molar-refractivity contribution is 5.85. The van der Waals surface area contributed by atoms with E-state index in [4.69, 9.17) is 9.47 Å². The van der Waals surface area contributed by atoms with E-state index in [-0.39, 0.29) is 11.8 Å². The third-order valence-electron chi connectivity index (χ3n) is 6.51. The smallest absolute Gasteiger partial charge is 0.244 e. The van der Waals surface area contributed by atoms with E-state index >= 15 is 0 Å². The molecule has 1 saturated carbocycles. The minimum absolute atomic E-state index is 0.160. The van der Waals surface area contributed by atoms with Crippen LogP contribution in [-0.4, -0.2) is 55.3 Å². The Morgan fingerprint density at radius 2 is 1.97 bits per heavy atom. The molecule has 1 aliphatic carbocycles. The summed E-state index contributed by atoms with van der Waals surface area (Å²) in [4.78, 5) is 24.7. The van der Waals surface area contributed by atoms with Crippen molar-refractivity contribution in [2.75, 3.05) is 43.6 Å². The van der Waals surface area contributed by atoms with E-state index in [1.807, 2.05) is 12.1 Å². The number of anilines is 2. The minimum atomic E-state index is -0.814. The zero-order chi connectivity index (χ0) is 23.8. The molecule has 2 aliphatic rings. The molecule has 1 amide bonds. The lowest BCUT2D eigenvalue weighted by Gasteiger charge is -2.31. The topological polar surface area (TPSA) is 112 Å². The quantitative estimate of drug-likeness (QED) is 0.613. The van der Waals surface area contributed by atoms with Crippen LogP contribution in [-0.2, 0) is 9.53 Å². The van der Waals surface area contributed by atoms with E-state index in [1.54, 1.807) is 31.5 Å². The van der Waals surface area contributed by atoms with Gasteiger partial charge in [0, 0.05) is 24.8 Å². The maximum absolute atomic E-state index is 13.5. The molecule has 4 rings (SSSR count).